The molecule has 0 aromatic carbocycles. The molecule has 15 heavy (non-hydrogen) atoms. The molecule has 0 aromatic heterocycles. The summed E-state index contributed by atoms with van der Waals surface area (Å²) >= 11 is -2.84. The van der Waals surface area contributed by atoms with Gasteiger partial charge in [0.2, 0.25) is 0 Å². The molecular weight excluding hydrogens is 394 g/mol. The molecule has 0 aliphatic carbocycles. The van der Waals surface area contributed by atoms with Crippen LogP contribution >= 0.6 is 0 Å². The van der Waals surface area contributed by atoms with Gasteiger partial charge in [0.25, 0.3) is 0 Å². The van der Waals surface area contributed by atoms with Crippen molar-refractivity contribution >= 4 is 36.8 Å². The van der Waals surface area contributed by atoms with Gasteiger partial charge in [-0.3, -0.25) is 0 Å². The Morgan fingerprint density at radius 1 is 0.600 bits per heavy atom. The molecule has 2 aliphatic rings. The second kappa shape index (κ2) is 4.36. The van der Waals surface area contributed by atoms with E-state index >= 15 is 0 Å². The van der Waals surface area contributed by atoms with Crippen molar-refractivity contribution in [3.8, 4) is 0 Å². The monoisotopic (exact) mass is 424 g/mol. The first-order chi connectivity index (χ1) is 6.83. The van der Waals surface area contributed by atoms with Gasteiger partial charge in [-0.15, -0.1) is 0 Å². The van der Waals surface area contributed by atoms with Crippen LogP contribution in [0.4, 0.5) is 0 Å². The van der Waals surface area contributed by atoms with Crippen molar-refractivity contribution < 1.29 is 0 Å². The van der Waals surface area contributed by atoms with Gasteiger partial charge in [-0.1, -0.05) is 0 Å². The summed E-state index contributed by atoms with van der Waals surface area (Å²) in [4.78, 5) is 10.7. The van der Waals surface area contributed by atoms with Crippen LogP contribution in [-0.4, -0.2) is 36.8 Å². The Hall–Kier alpha value is 1.60. The van der Waals surface area contributed by atoms with E-state index < -0.39 is 36.8 Å². The normalized spacial score (nSPS) is 32.8. The topological polar surface area (TPSA) is 0 Å². The molecule has 0 bridgehead atoms. The van der Waals surface area contributed by atoms with E-state index in [4.69, 9.17) is 0 Å². The van der Waals surface area contributed by atoms with Crippen LogP contribution in [0.3, 0.4) is 0 Å². The van der Waals surface area contributed by atoms with E-state index in [9.17, 15) is 0 Å². The summed E-state index contributed by atoms with van der Waals surface area (Å²) in [7, 11) is 0. The van der Waals surface area contributed by atoms with Crippen molar-refractivity contribution in [2.45, 2.75) is 63.2 Å². The summed E-state index contributed by atoms with van der Waals surface area (Å²) in [5.74, 6) is 0. The fourth-order valence-electron chi connectivity index (χ4n) is 3.41. The molecule has 0 atom stereocenters. The van der Waals surface area contributed by atoms with Crippen LogP contribution in [0.5, 0.6) is 0 Å². The third-order valence-corrected chi connectivity index (χ3v) is 23.6. The third kappa shape index (κ3) is 3.29. The zero-order valence-electron chi connectivity index (χ0n) is 11.2. The standard InChI is InChI=1S/C9H16.4CH3.2Sn/c1-5-9(6-2,7-3)8-4;;;;;;/h1-8H2;4*1H3;;. The molecule has 2 aliphatic heterocycles. The average Bonchev–Trinajstić information content (AvgIpc) is 2.15. The van der Waals surface area contributed by atoms with E-state index in [0.29, 0.717) is 0 Å². The van der Waals surface area contributed by atoms with Crippen LogP contribution in [0, 0.1) is 5.41 Å². The molecule has 2 fully saturated rings. The van der Waals surface area contributed by atoms with Gasteiger partial charge in [-0.2, -0.15) is 0 Å². The van der Waals surface area contributed by atoms with Crippen molar-refractivity contribution in [1.82, 2.24) is 0 Å². The maximum atomic E-state index is 2.67. The summed E-state index contributed by atoms with van der Waals surface area (Å²) < 4.78 is 6.80. The second-order valence-corrected chi connectivity index (χ2v) is 38.2. The average molecular weight is 422 g/mol. The molecule has 2 saturated heterocycles. The summed E-state index contributed by atoms with van der Waals surface area (Å²) in [6, 6.07) is 0. The van der Waals surface area contributed by atoms with E-state index in [-0.39, 0.29) is 0 Å². The van der Waals surface area contributed by atoms with Crippen LogP contribution in [0.1, 0.15) is 25.7 Å². The summed E-state index contributed by atoms with van der Waals surface area (Å²) in [6.07, 6.45) is 6.55. The Morgan fingerprint density at radius 2 is 0.867 bits per heavy atom. The molecule has 0 amide bonds. The fraction of sp³-hybridized carbons (Fsp3) is 1.00. The van der Waals surface area contributed by atoms with Gasteiger partial charge in [0, 0.05) is 0 Å². The van der Waals surface area contributed by atoms with Crippen LogP contribution in [0.25, 0.3) is 0 Å². The molecular formula is C13H28Sn2. The summed E-state index contributed by atoms with van der Waals surface area (Å²) in [6.45, 7) is 0. The minimum atomic E-state index is -1.42. The molecule has 1 spiro atoms. The van der Waals surface area contributed by atoms with Crippen molar-refractivity contribution in [2.24, 2.45) is 5.41 Å². The zero-order chi connectivity index (χ0) is 11.2. The molecule has 88 valence electrons. The molecule has 0 N–H and O–H groups in total. The van der Waals surface area contributed by atoms with E-state index in [2.05, 4.69) is 19.8 Å². The Bertz CT molecular complexity index is 193. The van der Waals surface area contributed by atoms with E-state index in [0.717, 1.165) is 5.41 Å². The van der Waals surface area contributed by atoms with Crippen molar-refractivity contribution in [3.05, 3.63) is 0 Å². The SMILES string of the molecule is [CH3][Sn]1([CH3])[CH2]CC2(C[CH2]1)C[CH2][Sn]([CH3])([CH3])[CH2]C2. The Labute approximate surface area is 104 Å². The van der Waals surface area contributed by atoms with E-state index in [1.54, 1.807) is 43.4 Å². The predicted octanol–water partition coefficient (Wildman–Crippen LogP) is 4.98. The van der Waals surface area contributed by atoms with Crippen LogP contribution in [0.15, 0.2) is 0 Å². The maximum absolute atomic E-state index is 2.67. The van der Waals surface area contributed by atoms with Gasteiger partial charge < -0.3 is 0 Å². The molecule has 2 heterocycles. The van der Waals surface area contributed by atoms with Gasteiger partial charge in [0.05, 0.1) is 0 Å². The van der Waals surface area contributed by atoms with Crippen LogP contribution < -0.4 is 0 Å². The molecule has 2 heteroatoms. The van der Waals surface area contributed by atoms with Gasteiger partial charge in [-0.05, 0) is 0 Å². The van der Waals surface area contributed by atoms with Gasteiger partial charge in [-0.25, -0.2) is 0 Å². The molecule has 0 aromatic rings. The third-order valence-electron chi connectivity index (χ3n) is 5.33. The Kier molecular flexibility index (Phi) is 3.79. The summed E-state index contributed by atoms with van der Waals surface area (Å²) in [5.41, 5.74) is 0.874. The van der Waals surface area contributed by atoms with E-state index in [1.807, 2.05) is 0 Å². The van der Waals surface area contributed by atoms with Gasteiger partial charge in [0.1, 0.15) is 0 Å². The predicted molar refractivity (Wildman–Crippen MR) is 75.1 cm³/mol. The molecule has 0 saturated carbocycles. The number of hydrogen-bond donors (Lipinski definition) is 0. The van der Waals surface area contributed by atoms with Crippen LogP contribution in [-0.2, 0) is 0 Å². The minimum absolute atomic E-state index is 0.874. The number of hydrogen-bond acceptors (Lipinski definition) is 0. The van der Waals surface area contributed by atoms with E-state index in [1.165, 1.54) is 0 Å². The Balaban J connectivity index is 1.95. The molecule has 0 unspecified atom stereocenters. The summed E-state index contributed by atoms with van der Waals surface area (Å²) in [5, 5.41) is 0. The second-order valence-electron chi connectivity index (χ2n) is 7.83. The van der Waals surface area contributed by atoms with Crippen molar-refractivity contribution in [3.63, 3.8) is 0 Å². The van der Waals surface area contributed by atoms with Crippen LogP contribution in [0.2, 0.25) is 37.5 Å². The quantitative estimate of drug-likeness (QED) is 0.484. The Morgan fingerprint density at radius 3 is 1.13 bits per heavy atom. The van der Waals surface area contributed by atoms with Crippen molar-refractivity contribution in [1.29, 1.82) is 0 Å². The van der Waals surface area contributed by atoms with Gasteiger partial charge >= 0.3 is 105 Å². The van der Waals surface area contributed by atoms with Crippen molar-refractivity contribution in [2.75, 3.05) is 0 Å². The molecule has 2 rings (SSSR count). The zero-order valence-corrected chi connectivity index (χ0v) is 16.9. The number of rotatable bonds is 0. The molecule has 0 radical (unpaired) electrons. The fourth-order valence-corrected chi connectivity index (χ4v) is 18.6. The molecule has 0 nitrogen and oxygen atoms in total. The first-order valence-corrected chi connectivity index (χ1v) is 26.3. The first kappa shape index (κ1) is 13.0. The first-order valence-electron chi connectivity index (χ1n) is 6.83. The van der Waals surface area contributed by atoms with Gasteiger partial charge in [0.15, 0.2) is 0 Å².